The predicted molar refractivity (Wildman–Crippen MR) is 53.6 cm³/mol. The maximum atomic E-state index is 10.8. The number of nitrogens with two attached hydrogens (primary N) is 1. The Morgan fingerprint density at radius 1 is 1.69 bits per heavy atom. The van der Waals surface area contributed by atoms with E-state index >= 15 is 0 Å². The quantitative estimate of drug-likeness (QED) is 0.575. The van der Waals surface area contributed by atoms with E-state index in [1.54, 1.807) is 6.92 Å². The monoisotopic (exact) mass is 207 g/mol. The molecule has 0 aliphatic rings. The van der Waals surface area contributed by atoms with E-state index < -0.39 is 0 Å². The third-order valence-electron chi connectivity index (χ3n) is 1.36. The number of esters is 1. The van der Waals surface area contributed by atoms with E-state index in [0.29, 0.717) is 24.5 Å². The van der Waals surface area contributed by atoms with Gasteiger partial charge < -0.3 is 15.6 Å². The lowest BCUT2D eigenvalue weighted by Crippen LogP contribution is -2.24. The summed E-state index contributed by atoms with van der Waals surface area (Å²) in [6, 6.07) is -0.0376. The maximum Gasteiger partial charge on any atom is 0.315 e. The number of carbonyl (C=O) groups is 1. The van der Waals surface area contributed by atoms with Gasteiger partial charge in [-0.05, 0) is 13.3 Å². The maximum absolute atomic E-state index is 10.8. The van der Waals surface area contributed by atoms with Gasteiger partial charge in [-0.15, -0.1) is 11.8 Å². The topological polar surface area (TPSA) is 72.5 Å². The Hall–Kier alpha value is -0.260. The Labute approximate surface area is 82.8 Å². The smallest absolute Gasteiger partial charge is 0.315 e. The molecule has 0 radical (unpaired) electrons. The molecule has 0 aromatic rings. The molecule has 0 aliphatic carbocycles. The van der Waals surface area contributed by atoms with Gasteiger partial charge in [-0.1, -0.05) is 0 Å². The Morgan fingerprint density at radius 2 is 2.38 bits per heavy atom. The van der Waals surface area contributed by atoms with Crippen LogP contribution in [0.4, 0.5) is 0 Å². The fraction of sp³-hybridized carbons (Fsp3) is 0.875. The van der Waals surface area contributed by atoms with Crippen molar-refractivity contribution in [3.63, 3.8) is 0 Å². The van der Waals surface area contributed by atoms with Gasteiger partial charge in [0, 0.05) is 18.4 Å². The highest BCUT2D eigenvalue weighted by atomic mass is 32.2. The van der Waals surface area contributed by atoms with Crippen LogP contribution in [0.3, 0.4) is 0 Å². The summed E-state index contributed by atoms with van der Waals surface area (Å²) in [4.78, 5) is 10.8. The number of hydrogen-bond donors (Lipinski definition) is 2. The number of aliphatic hydroxyl groups excluding tert-OH is 1. The van der Waals surface area contributed by atoms with Gasteiger partial charge in [0.05, 0.1) is 12.4 Å². The van der Waals surface area contributed by atoms with Gasteiger partial charge in [0.1, 0.15) is 0 Å². The molecule has 3 N–H and O–H groups in total. The van der Waals surface area contributed by atoms with Crippen LogP contribution in [0.15, 0.2) is 0 Å². The number of aliphatic hydroxyl groups is 1. The van der Waals surface area contributed by atoms with Crippen molar-refractivity contribution < 1.29 is 14.6 Å². The molecule has 78 valence electrons. The van der Waals surface area contributed by atoms with Gasteiger partial charge in [0.2, 0.25) is 0 Å². The van der Waals surface area contributed by atoms with E-state index in [1.165, 1.54) is 11.8 Å². The van der Waals surface area contributed by atoms with Crippen LogP contribution in [0.2, 0.25) is 0 Å². The molecule has 0 saturated heterocycles. The van der Waals surface area contributed by atoms with Crippen molar-refractivity contribution in [1.82, 2.24) is 0 Å². The van der Waals surface area contributed by atoms with Crippen LogP contribution in [-0.2, 0) is 9.53 Å². The first kappa shape index (κ1) is 12.7. The zero-order chi connectivity index (χ0) is 10.1. The van der Waals surface area contributed by atoms with Crippen LogP contribution < -0.4 is 5.73 Å². The Balaban J connectivity index is 3.28. The average Bonchev–Trinajstić information content (AvgIpc) is 2.05. The average molecular weight is 207 g/mol. The molecule has 13 heavy (non-hydrogen) atoms. The molecule has 0 rings (SSSR count). The summed E-state index contributed by atoms with van der Waals surface area (Å²) in [6.07, 6.45) is 0.579. The number of hydrogen-bond acceptors (Lipinski definition) is 5. The van der Waals surface area contributed by atoms with Crippen LogP contribution in [0, 0.1) is 0 Å². The number of thioether (sulfide) groups is 1. The van der Waals surface area contributed by atoms with Crippen molar-refractivity contribution in [1.29, 1.82) is 0 Å². The molecule has 5 heteroatoms. The van der Waals surface area contributed by atoms with E-state index in [1.807, 2.05) is 0 Å². The lowest BCUT2D eigenvalue weighted by atomic mass is 10.3. The molecule has 0 aliphatic heterocycles. The highest BCUT2D eigenvalue weighted by Crippen LogP contribution is 2.04. The third-order valence-corrected chi connectivity index (χ3v) is 2.46. The van der Waals surface area contributed by atoms with Gasteiger partial charge in [-0.3, -0.25) is 4.79 Å². The zero-order valence-electron chi connectivity index (χ0n) is 7.86. The molecule has 1 atom stereocenters. The minimum absolute atomic E-state index is 0.0376. The van der Waals surface area contributed by atoms with Gasteiger partial charge in [0.15, 0.2) is 0 Å². The van der Waals surface area contributed by atoms with Gasteiger partial charge in [0.25, 0.3) is 0 Å². The first-order valence-corrected chi connectivity index (χ1v) is 5.46. The first-order valence-electron chi connectivity index (χ1n) is 4.30. The van der Waals surface area contributed by atoms with Crippen molar-refractivity contribution >= 4 is 17.7 Å². The second-order valence-electron chi connectivity index (χ2n) is 2.59. The van der Waals surface area contributed by atoms with Crippen molar-refractivity contribution in [3.05, 3.63) is 0 Å². The lowest BCUT2D eigenvalue weighted by molar-refractivity contribution is -0.139. The molecule has 0 heterocycles. The molecule has 4 nitrogen and oxygen atoms in total. The summed E-state index contributed by atoms with van der Waals surface area (Å²) >= 11 is 1.44. The summed E-state index contributed by atoms with van der Waals surface area (Å²) in [5.41, 5.74) is 5.61. The second-order valence-corrected chi connectivity index (χ2v) is 3.62. The highest BCUT2D eigenvalue weighted by molar-refractivity contribution is 7.99. The van der Waals surface area contributed by atoms with E-state index in [2.05, 4.69) is 0 Å². The molecule has 0 bridgehead atoms. The SMILES string of the molecule is CCOC(=O)CSCC(N)CCO. The van der Waals surface area contributed by atoms with Crippen molar-refractivity contribution in [2.24, 2.45) is 5.73 Å². The number of ether oxygens (including phenoxy) is 1. The molecule has 0 fully saturated rings. The van der Waals surface area contributed by atoms with Crippen molar-refractivity contribution in [2.45, 2.75) is 19.4 Å². The van der Waals surface area contributed by atoms with Gasteiger partial charge in [-0.2, -0.15) is 0 Å². The molecule has 0 aromatic heterocycles. The minimum atomic E-state index is -0.205. The number of carbonyl (C=O) groups excluding carboxylic acids is 1. The summed E-state index contributed by atoms with van der Waals surface area (Å²) in [6.45, 7) is 2.29. The van der Waals surface area contributed by atoms with Crippen LogP contribution in [0.5, 0.6) is 0 Å². The first-order chi connectivity index (χ1) is 6.20. The third kappa shape index (κ3) is 8.08. The van der Waals surface area contributed by atoms with Crippen LogP contribution in [0.1, 0.15) is 13.3 Å². The lowest BCUT2D eigenvalue weighted by Gasteiger charge is -2.08. The molecule has 0 saturated carbocycles. The summed E-state index contributed by atoms with van der Waals surface area (Å²) in [7, 11) is 0. The van der Waals surface area contributed by atoms with E-state index in [-0.39, 0.29) is 18.6 Å². The summed E-state index contributed by atoms with van der Waals surface area (Å²) in [5, 5.41) is 8.55. The Kier molecular flexibility index (Phi) is 8.18. The largest absolute Gasteiger partial charge is 0.465 e. The highest BCUT2D eigenvalue weighted by Gasteiger charge is 2.05. The minimum Gasteiger partial charge on any atom is -0.465 e. The number of rotatable bonds is 7. The second kappa shape index (κ2) is 8.34. The molecule has 0 spiro atoms. The van der Waals surface area contributed by atoms with Gasteiger partial charge in [-0.25, -0.2) is 0 Å². The molecule has 1 unspecified atom stereocenters. The van der Waals surface area contributed by atoms with Crippen molar-refractivity contribution in [2.75, 3.05) is 24.7 Å². The fourth-order valence-electron chi connectivity index (χ4n) is 0.745. The van der Waals surface area contributed by atoms with Gasteiger partial charge >= 0.3 is 5.97 Å². The normalized spacial score (nSPS) is 12.5. The molecular formula is C8H17NO3S. The van der Waals surface area contributed by atoms with Crippen LogP contribution >= 0.6 is 11.8 Å². The Bertz CT molecular complexity index is 143. The van der Waals surface area contributed by atoms with E-state index in [0.717, 1.165) is 0 Å². The summed E-state index contributed by atoms with van der Waals surface area (Å²) in [5.74, 6) is 0.815. The Morgan fingerprint density at radius 3 is 2.92 bits per heavy atom. The zero-order valence-corrected chi connectivity index (χ0v) is 8.68. The fourth-order valence-corrected chi connectivity index (χ4v) is 1.58. The van der Waals surface area contributed by atoms with E-state index in [9.17, 15) is 4.79 Å². The van der Waals surface area contributed by atoms with Crippen molar-refractivity contribution in [3.8, 4) is 0 Å². The molecule has 0 aromatic carbocycles. The molecular weight excluding hydrogens is 190 g/mol. The predicted octanol–water partition coefficient (Wildman–Crippen LogP) is -0.00760. The standard InChI is InChI=1S/C8H17NO3S/c1-2-12-8(11)6-13-5-7(9)3-4-10/h7,10H,2-6,9H2,1H3. The van der Waals surface area contributed by atoms with Crippen LogP contribution in [-0.4, -0.2) is 41.8 Å². The summed E-state index contributed by atoms with van der Waals surface area (Å²) < 4.78 is 4.73. The molecule has 0 amide bonds. The van der Waals surface area contributed by atoms with E-state index in [4.69, 9.17) is 15.6 Å². The van der Waals surface area contributed by atoms with Crippen LogP contribution in [0.25, 0.3) is 0 Å².